The summed E-state index contributed by atoms with van der Waals surface area (Å²) >= 11 is 6.09. The molecule has 1 saturated heterocycles. The molecule has 2 aliphatic rings. The van der Waals surface area contributed by atoms with E-state index in [1.165, 1.54) is 24.8 Å². The van der Waals surface area contributed by atoms with E-state index in [0.717, 1.165) is 36.4 Å². The van der Waals surface area contributed by atoms with E-state index in [1.54, 1.807) is 30.5 Å². The smallest absolute Gasteiger partial charge is 0.251 e. The quantitative estimate of drug-likeness (QED) is 0.366. The Bertz CT molecular complexity index is 1320. The highest BCUT2D eigenvalue weighted by Crippen LogP contribution is 2.33. The van der Waals surface area contributed by atoms with E-state index in [1.807, 2.05) is 37.3 Å². The van der Waals surface area contributed by atoms with Gasteiger partial charge in [0.2, 0.25) is 5.91 Å². The molecule has 2 amide bonds. The van der Waals surface area contributed by atoms with Gasteiger partial charge in [0.05, 0.1) is 11.7 Å². The van der Waals surface area contributed by atoms with Gasteiger partial charge in [-0.15, -0.1) is 0 Å². The summed E-state index contributed by atoms with van der Waals surface area (Å²) in [6.07, 6.45) is 5.54. The second kappa shape index (κ2) is 11.3. The second-order valence-electron chi connectivity index (χ2n) is 9.80. The molecule has 5 rings (SSSR count). The minimum absolute atomic E-state index is 0.148. The number of hydrogen-bond donors (Lipinski definition) is 2. The summed E-state index contributed by atoms with van der Waals surface area (Å²) in [7, 11) is 0. The molecule has 7 heteroatoms. The summed E-state index contributed by atoms with van der Waals surface area (Å²) in [5.41, 5.74) is 4.94. The van der Waals surface area contributed by atoms with Crippen LogP contribution in [0.1, 0.15) is 65.2 Å². The number of nitrogens with zero attached hydrogens (tertiary/aromatic N) is 2. The third-order valence-electron chi connectivity index (χ3n) is 7.05. The Hall–Kier alpha value is -3.48. The number of halogens is 1. The molecule has 190 valence electrons. The molecule has 0 spiro atoms. The highest BCUT2D eigenvalue weighted by atomic mass is 35.5. The van der Waals surface area contributed by atoms with Crippen LogP contribution < -0.4 is 10.6 Å². The third-order valence-corrected chi connectivity index (χ3v) is 7.28. The number of hydrogen-bond acceptors (Lipinski definition) is 4. The van der Waals surface area contributed by atoms with Gasteiger partial charge >= 0.3 is 0 Å². The Morgan fingerprint density at radius 1 is 1.11 bits per heavy atom. The van der Waals surface area contributed by atoms with Crippen LogP contribution in [0.2, 0.25) is 5.02 Å². The number of rotatable bonds is 7. The van der Waals surface area contributed by atoms with Crippen LogP contribution in [-0.2, 0) is 11.3 Å². The first kappa shape index (κ1) is 25.2. The summed E-state index contributed by atoms with van der Waals surface area (Å²) in [5.74, 6) is -0.916. The van der Waals surface area contributed by atoms with Crippen molar-refractivity contribution in [1.29, 1.82) is 0 Å². The number of carbonyl (C=O) groups is 2. The lowest BCUT2D eigenvalue weighted by molar-refractivity contribution is -0.115. The number of likely N-dealkylation sites (tertiary alicyclic amines) is 1. The summed E-state index contributed by atoms with van der Waals surface area (Å²) in [4.78, 5) is 32.7. The Balaban J connectivity index is 1.26. The second-order valence-corrected chi connectivity index (χ2v) is 10.2. The largest absolute Gasteiger partial charge is 0.346 e. The molecule has 2 aliphatic heterocycles. The van der Waals surface area contributed by atoms with Gasteiger partial charge in [0, 0.05) is 29.0 Å². The van der Waals surface area contributed by atoms with E-state index < -0.39 is 5.92 Å². The van der Waals surface area contributed by atoms with Gasteiger partial charge < -0.3 is 10.6 Å². The van der Waals surface area contributed by atoms with Crippen molar-refractivity contribution in [3.63, 3.8) is 0 Å². The van der Waals surface area contributed by atoms with Gasteiger partial charge in [-0.25, -0.2) is 0 Å². The van der Waals surface area contributed by atoms with Crippen LogP contribution in [0.3, 0.4) is 0 Å². The average molecular weight is 515 g/mol. The van der Waals surface area contributed by atoms with Crippen LogP contribution in [0.4, 0.5) is 11.4 Å². The van der Waals surface area contributed by atoms with Gasteiger partial charge in [-0.1, -0.05) is 42.3 Å². The maximum atomic E-state index is 13.0. The first-order valence-corrected chi connectivity index (χ1v) is 13.2. The maximum Gasteiger partial charge on any atom is 0.251 e. The van der Waals surface area contributed by atoms with Crippen LogP contribution in [0, 0.1) is 0 Å². The fourth-order valence-corrected chi connectivity index (χ4v) is 5.14. The van der Waals surface area contributed by atoms with Crippen molar-refractivity contribution in [2.45, 2.75) is 44.7 Å². The van der Waals surface area contributed by atoms with E-state index in [4.69, 9.17) is 11.6 Å². The van der Waals surface area contributed by atoms with E-state index in [9.17, 15) is 9.59 Å². The molecular formula is C30H31ClN4O2. The Morgan fingerprint density at radius 3 is 2.65 bits per heavy atom. The number of anilines is 1. The molecule has 0 aliphatic carbocycles. The standard InChI is InChI=1S/C30H31ClN4O2/c1-20(22-6-5-7-24(31)16-22)33-29(36)23-10-13-28-26(17-23)27(30(37)34-28)18-32-25-11-8-21(9-12-25)19-35-14-3-2-4-15-35/h5-13,16-18,20,27H,2-4,14-15,19H2,1H3,(H,33,36)(H,34,37)/t20-,27?/m1/s1. The van der Waals surface area contributed by atoms with E-state index in [0.29, 0.717) is 16.3 Å². The first-order valence-electron chi connectivity index (χ1n) is 12.8. The monoisotopic (exact) mass is 514 g/mol. The fourth-order valence-electron chi connectivity index (χ4n) is 4.94. The van der Waals surface area contributed by atoms with Crippen LogP contribution in [0.15, 0.2) is 71.7 Å². The number of benzene rings is 3. The minimum Gasteiger partial charge on any atom is -0.346 e. The molecule has 0 radical (unpaired) electrons. The van der Waals surface area contributed by atoms with Crippen molar-refractivity contribution in [2.75, 3.05) is 18.4 Å². The summed E-state index contributed by atoms with van der Waals surface area (Å²) in [6, 6.07) is 20.7. The van der Waals surface area contributed by atoms with Gasteiger partial charge in [0.1, 0.15) is 5.92 Å². The van der Waals surface area contributed by atoms with Crippen molar-refractivity contribution in [3.05, 3.63) is 94.0 Å². The van der Waals surface area contributed by atoms with Crippen molar-refractivity contribution in [3.8, 4) is 0 Å². The maximum absolute atomic E-state index is 13.0. The van der Waals surface area contributed by atoms with E-state index in [-0.39, 0.29) is 17.9 Å². The molecule has 0 aromatic heterocycles. The number of nitrogens with one attached hydrogen (secondary N) is 2. The number of carbonyl (C=O) groups excluding carboxylic acids is 2. The first-order chi connectivity index (χ1) is 18.0. The Labute approximate surface area is 222 Å². The average Bonchev–Trinajstić information content (AvgIpc) is 3.22. The molecular weight excluding hydrogens is 484 g/mol. The van der Waals surface area contributed by atoms with Gasteiger partial charge in [0.25, 0.3) is 5.91 Å². The lowest BCUT2D eigenvalue weighted by atomic mass is 9.99. The third kappa shape index (κ3) is 6.09. The molecule has 2 N–H and O–H groups in total. The highest BCUT2D eigenvalue weighted by molar-refractivity contribution is 6.30. The zero-order valence-electron chi connectivity index (χ0n) is 20.9. The zero-order valence-corrected chi connectivity index (χ0v) is 21.7. The molecule has 1 unspecified atom stereocenters. The Morgan fingerprint density at radius 2 is 1.89 bits per heavy atom. The normalized spacial score (nSPS) is 18.4. The SMILES string of the molecule is C[C@@H](NC(=O)c1ccc2c(c1)C(C=Nc1ccc(CN3CCCCC3)cc1)C(=O)N2)c1cccc(Cl)c1. The molecule has 3 aromatic carbocycles. The molecule has 0 saturated carbocycles. The highest BCUT2D eigenvalue weighted by Gasteiger charge is 2.30. The molecule has 1 fully saturated rings. The fraction of sp³-hybridized carbons (Fsp3) is 0.300. The van der Waals surface area contributed by atoms with E-state index >= 15 is 0 Å². The molecule has 0 bridgehead atoms. The lowest BCUT2D eigenvalue weighted by Gasteiger charge is -2.26. The summed E-state index contributed by atoms with van der Waals surface area (Å²) in [6.45, 7) is 5.20. The molecule has 3 aromatic rings. The van der Waals surface area contributed by atoms with E-state index in [2.05, 4.69) is 32.7 Å². The molecule has 6 nitrogen and oxygen atoms in total. The molecule has 37 heavy (non-hydrogen) atoms. The minimum atomic E-state index is -0.555. The number of amides is 2. The van der Waals surface area contributed by atoms with Crippen LogP contribution in [0.5, 0.6) is 0 Å². The molecule has 2 atom stereocenters. The summed E-state index contributed by atoms with van der Waals surface area (Å²) < 4.78 is 0. The lowest BCUT2D eigenvalue weighted by Crippen LogP contribution is -2.28. The van der Waals surface area contributed by atoms with Crippen molar-refractivity contribution in [1.82, 2.24) is 10.2 Å². The number of piperidine rings is 1. The van der Waals surface area contributed by atoms with Gasteiger partial charge in [-0.05, 0) is 92.0 Å². The Kier molecular flexibility index (Phi) is 7.68. The van der Waals surface area contributed by atoms with Crippen LogP contribution in [-0.4, -0.2) is 36.0 Å². The van der Waals surface area contributed by atoms with Crippen molar-refractivity contribution >= 4 is 41.0 Å². The van der Waals surface area contributed by atoms with Gasteiger partial charge in [-0.3, -0.25) is 19.5 Å². The molecule has 2 heterocycles. The van der Waals surface area contributed by atoms with Crippen LogP contribution in [0.25, 0.3) is 0 Å². The summed E-state index contributed by atoms with van der Waals surface area (Å²) in [5, 5.41) is 6.53. The topological polar surface area (TPSA) is 73.8 Å². The van der Waals surface area contributed by atoms with Crippen molar-refractivity contribution < 1.29 is 9.59 Å². The zero-order chi connectivity index (χ0) is 25.8. The van der Waals surface area contributed by atoms with Gasteiger partial charge in [-0.2, -0.15) is 0 Å². The van der Waals surface area contributed by atoms with Crippen LogP contribution >= 0.6 is 11.6 Å². The number of fused-ring (bicyclic) bond motifs is 1. The van der Waals surface area contributed by atoms with Gasteiger partial charge in [0.15, 0.2) is 0 Å². The predicted octanol–water partition coefficient (Wildman–Crippen LogP) is 6.26. The predicted molar refractivity (Wildman–Crippen MR) is 149 cm³/mol. The van der Waals surface area contributed by atoms with Crippen molar-refractivity contribution in [2.24, 2.45) is 4.99 Å². The number of aliphatic imine (C=N–C) groups is 1.